The summed E-state index contributed by atoms with van der Waals surface area (Å²) >= 11 is 0. The molecule has 0 aromatic heterocycles. The molecule has 1 heterocycles. The van der Waals surface area contributed by atoms with Crippen LogP contribution < -0.4 is 0 Å². The summed E-state index contributed by atoms with van der Waals surface area (Å²) in [5, 5.41) is 10.1. The monoisotopic (exact) mass is 253 g/mol. The average molecular weight is 253 g/mol. The molecule has 2 aromatic carbocycles. The van der Waals surface area contributed by atoms with Crippen LogP contribution in [0.1, 0.15) is 27.6 Å². The normalized spacial score (nSPS) is 17.9. The van der Waals surface area contributed by atoms with E-state index in [0.717, 1.165) is 11.1 Å². The van der Waals surface area contributed by atoms with Gasteiger partial charge in [-0.15, -0.1) is 0 Å². The zero-order valence-corrected chi connectivity index (χ0v) is 10.5. The number of benzene rings is 2. The molecule has 0 unspecified atom stereocenters. The molecule has 0 aliphatic carbocycles. The Balaban J connectivity index is 1.88. The molecule has 0 saturated heterocycles. The molecule has 3 nitrogen and oxygen atoms in total. The van der Waals surface area contributed by atoms with Gasteiger partial charge in [0.2, 0.25) is 0 Å². The smallest absolute Gasteiger partial charge is 0.254 e. The van der Waals surface area contributed by atoms with E-state index in [9.17, 15) is 9.90 Å². The molecule has 19 heavy (non-hydrogen) atoms. The van der Waals surface area contributed by atoms with Crippen LogP contribution in [0.5, 0.6) is 0 Å². The van der Waals surface area contributed by atoms with E-state index in [0.29, 0.717) is 18.7 Å². The molecule has 1 N–H and O–H groups in total. The maximum absolute atomic E-state index is 12.4. The molecule has 3 heteroatoms. The van der Waals surface area contributed by atoms with Gasteiger partial charge in [-0.2, -0.15) is 0 Å². The van der Waals surface area contributed by atoms with Crippen LogP contribution in [0.25, 0.3) is 0 Å². The number of rotatable bonds is 1. The number of hydrogen-bond acceptors (Lipinski definition) is 2. The quantitative estimate of drug-likeness (QED) is 0.847. The van der Waals surface area contributed by atoms with Gasteiger partial charge < -0.3 is 10.0 Å². The number of nitrogens with zero attached hydrogens (tertiary/aromatic N) is 1. The Hall–Kier alpha value is -2.13. The van der Waals surface area contributed by atoms with Gasteiger partial charge in [0.25, 0.3) is 5.91 Å². The van der Waals surface area contributed by atoms with Crippen LogP contribution in [0.15, 0.2) is 54.6 Å². The molecule has 0 spiro atoms. The Kier molecular flexibility index (Phi) is 3.05. The minimum absolute atomic E-state index is 0.0332. The fraction of sp³-hybridized carbons (Fsp3) is 0.188. The third-order valence-corrected chi connectivity index (χ3v) is 3.48. The zero-order valence-electron chi connectivity index (χ0n) is 10.5. The second kappa shape index (κ2) is 4.86. The summed E-state index contributed by atoms with van der Waals surface area (Å²) in [6.07, 6.45) is -0.599. The minimum atomic E-state index is -0.599. The second-order valence-corrected chi connectivity index (χ2v) is 4.77. The van der Waals surface area contributed by atoms with Gasteiger partial charge in [-0.25, -0.2) is 0 Å². The van der Waals surface area contributed by atoms with Crippen molar-refractivity contribution in [3.05, 3.63) is 71.3 Å². The lowest BCUT2D eigenvalue weighted by Gasteiger charge is -2.32. The first kappa shape index (κ1) is 11.9. The predicted octanol–water partition coefficient (Wildman–Crippen LogP) is 2.38. The van der Waals surface area contributed by atoms with Crippen molar-refractivity contribution in [3.8, 4) is 0 Å². The van der Waals surface area contributed by atoms with Gasteiger partial charge >= 0.3 is 0 Å². The van der Waals surface area contributed by atoms with E-state index >= 15 is 0 Å². The predicted molar refractivity (Wildman–Crippen MR) is 72.6 cm³/mol. The van der Waals surface area contributed by atoms with Crippen LogP contribution in [-0.4, -0.2) is 22.5 Å². The van der Waals surface area contributed by atoms with Crippen molar-refractivity contribution in [2.24, 2.45) is 0 Å². The maximum atomic E-state index is 12.4. The highest BCUT2D eigenvalue weighted by Gasteiger charge is 2.26. The molecule has 0 fully saturated rings. The first-order valence-electron chi connectivity index (χ1n) is 6.36. The zero-order chi connectivity index (χ0) is 13.2. The molecule has 0 saturated carbocycles. The molecular formula is C16H15NO2. The first-order chi connectivity index (χ1) is 9.25. The van der Waals surface area contributed by atoms with Crippen LogP contribution >= 0.6 is 0 Å². The van der Waals surface area contributed by atoms with Crippen molar-refractivity contribution in [1.82, 2.24) is 4.90 Å². The van der Waals surface area contributed by atoms with E-state index in [1.54, 1.807) is 17.0 Å². The van der Waals surface area contributed by atoms with E-state index in [-0.39, 0.29) is 5.91 Å². The number of aliphatic hydroxyl groups is 1. The Labute approximate surface area is 112 Å². The molecule has 1 aliphatic rings. The largest absolute Gasteiger partial charge is 0.387 e. The van der Waals surface area contributed by atoms with E-state index in [2.05, 4.69) is 0 Å². The standard InChI is InChI=1S/C16H15NO2/c18-15-11-17(10-13-8-4-5-9-14(13)15)16(19)12-6-2-1-3-7-12/h1-9,15,18H,10-11H2/t15-/m0/s1. The minimum Gasteiger partial charge on any atom is -0.387 e. The van der Waals surface area contributed by atoms with Crippen LogP contribution in [0.3, 0.4) is 0 Å². The molecular weight excluding hydrogens is 238 g/mol. The van der Waals surface area contributed by atoms with Crippen LogP contribution in [0.4, 0.5) is 0 Å². The van der Waals surface area contributed by atoms with Gasteiger partial charge in [0, 0.05) is 12.1 Å². The molecule has 1 atom stereocenters. The highest BCUT2D eigenvalue weighted by molar-refractivity contribution is 5.94. The fourth-order valence-corrected chi connectivity index (χ4v) is 2.50. The van der Waals surface area contributed by atoms with E-state index in [1.807, 2.05) is 42.5 Å². The van der Waals surface area contributed by atoms with Gasteiger partial charge in [-0.05, 0) is 23.3 Å². The van der Waals surface area contributed by atoms with Crippen molar-refractivity contribution in [1.29, 1.82) is 0 Å². The van der Waals surface area contributed by atoms with E-state index < -0.39 is 6.10 Å². The van der Waals surface area contributed by atoms with Gasteiger partial charge in [-0.3, -0.25) is 4.79 Å². The number of amides is 1. The van der Waals surface area contributed by atoms with E-state index in [1.165, 1.54) is 0 Å². The molecule has 96 valence electrons. The van der Waals surface area contributed by atoms with Crippen molar-refractivity contribution < 1.29 is 9.90 Å². The first-order valence-corrected chi connectivity index (χ1v) is 6.36. The molecule has 0 radical (unpaired) electrons. The lowest BCUT2D eigenvalue weighted by Crippen LogP contribution is -2.38. The topological polar surface area (TPSA) is 40.5 Å². The Morgan fingerprint density at radius 3 is 2.53 bits per heavy atom. The fourth-order valence-electron chi connectivity index (χ4n) is 2.50. The SMILES string of the molecule is O=C(c1ccccc1)N1Cc2ccccc2[C@@H](O)C1. The summed E-state index contributed by atoms with van der Waals surface area (Å²) in [4.78, 5) is 14.1. The number of carbonyl (C=O) groups is 1. The molecule has 1 aliphatic heterocycles. The summed E-state index contributed by atoms with van der Waals surface area (Å²) in [5.74, 6) is -0.0332. The lowest BCUT2D eigenvalue weighted by molar-refractivity contribution is 0.0550. The number of aliphatic hydroxyl groups excluding tert-OH is 1. The summed E-state index contributed by atoms with van der Waals surface area (Å²) in [7, 11) is 0. The Morgan fingerprint density at radius 1 is 1.05 bits per heavy atom. The highest BCUT2D eigenvalue weighted by atomic mass is 16.3. The number of hydrogen-bond donors (Lipinski definition) is 1. The Morgan fingerprint density at radius 2 is 1.74 bits per heavy atom. The van der Waals surface area contributed by atoms with Crippen LogP contribution in [-0.2, 0) is 6.54 Å². The summed E-state index contributed by atoms with van der Waals surface area (Å²) in [6, 6.07) is 16.9. The lowest BCUT2D eigenvalue weighted by atomic mass is 9.97. The number of carbonyl (C=O) groups excluding carboxylic acids is 1. The number of β-amino-alcohol motifs (C(OH)–C–C–N with tert-alkyl or cyclic N) is 1. The average Bonchev–Trinajstić information content (AvgIpc) is 2.47. The summed E-state index contributed by atoms with van der Waals surface area (Å²) in [6.45, 7) is 0.908. The second-order valence-electron chi connectivity index (χ2n) is 4.77. The molecule has 0 bridgehead atoms. The van der Waals surface area contributed by atoms with Crippen molar-refractivity contribution >= 4 is 5.91 Å². The Bertz CT molecular complexity index is 595. The maximum Gasteiger partial charge on any atom is 0.254 e. The third kappa shape index (κ3) is 2.25. The van der Waals surface area contributed by atoms with Crippen LogP contribution in [0.2, 0.25) is 0 Å². The molecule has 2 aromatic rings. The summed E-state index contributed by atoms with van der Waals surface area (Å²) in [5.41, 5.74) is 2.61. The van der Waals surface area contributed by atoms with Crippen molar-refractivity contribution in [2.45, 2.75) is 12.6 Å². The van der Waals surface area contributed by atoms with Gasteiger partial charge in [-0.1, -0.05) is 42.5 Å². The molecule has 3 rings (SSSR count). The highest BCUT2D eigenvalue weighted by Crippen LogP contribution is 2.27. The summed E-state index contributed by atoms with van der Waals surface area (Å²) < 4.78 is 0. The number of fused-ring (bicyclic) bond motifs is 1. The van der Waals surface area contributed by atoms with Crippen LogP contribution in [0, 0.1) is 0 Å². The van der Waals surface area contributed by atoms with Gasteiger partial charge in [0.1, 0.15) is 0 Å². The molecule has 1 amide bonds. The van der Waals surface area contributed by atoms with E-state index in [4.69, 9.17) is 0 Å². The van der Waals surface area contributed by atoms with Gasteiger partial charge in [0.05, 0.1) is 12.6 Å². The van der Waals surface area contributed by atoms with Crippen molar-refractivity contribution in [2.75, 3.05) is 6.54 Å². The van der Waals surface area contributed by atoms with Crippen molar-refractivity contribution in [3.63, 3.8) is 0 Å². The van der Waals surface area contributed by atoms with Gasteiger partial charge in [0.15, 0.2) is 0 Å². The third-order valence-electron chi connectivity index (χ3n) is 3.48.